The van der Waals surface area contributed by atoms with Gasteiger partial charge in [-0.2, -0.15) is 0 Å². The molecule has 21 heavy (non-hydrogen) atoms. The van der Waals surface area contributed by atoms with Gasteiger partial charge in [0.05, 0.1) is 11.2 Å². The van der Waals surface area contributed by atoms with E-state index in [0.717, 1.165) is 6.42 Å². The first-order chi connectivity index (χ1) is 9.97. The molecule has 4 N–H and O–H groups in total. The van der Waals surface area contributed by atoms with Crippen LogP contribution in [0.15, 0.2) is 23.0 Å². The highest BCUT2D eigenvalue weighted by atomic mass is 19.1. The van der Waals surface area contributed by atoms with Gasteiger partial charge in [0.2, 0.25) is 0 Å². The Morgan fingerprint density at radius 2 is 2.24 bits per heavy atom. The molecule has 1 atom stereocenters. The van der Waals surface area contributed by atoms with Crippen LogP contribution in [0.5, 0.6) is 0 Å². The molecule has 6 nitrogen and oxygen atoms in total. The number of halogens is 1. The number of hydrogen-bond donors (Lipinski definition) is 3. The first-order valence-corrected chi connectivity index (χ1v) is 6.56. The number of aromatic carboxylic acids is 1. The molecular formula is C14H14FN3O3. The Balaban J connectivity index is 2.15. The van der Waals surface area contributed by atoms with Crippen LogP contribution in [0.1, 0.15) is 16.8 Å². The van der Waals surface area contributed by atoms with Gasteiger partial charge in [0.25, 0.3) is 5.56 Å². The van der Waals surface area contributed by atoms with E-state index < -0.39 is 22.9 Å². The van der Waals surface area contributed by atoms with Crippen molar-refractivity contribution in [2.75, 3.05) is 18.0 Å². The van der Waals surface area contributed by atoms with Gasteiger partial charge in [-0.1, -0.05) is 6.07 Å². The van der Waals surface area contributed by atoms with E-state index in [-0.39, 0.29) is 11.6 Å². The summed E-state index contributed by atoms with van der Waals surface area (Å²) < 4.78 is 14.6. The predicted molar refractivity (Wildman–Crippen MR) is 76.3 cm³/mol. The highest BCUT2D eigenvalue weighted by molar-refractivity contribution is 5.93. The Morgan fingerprint density at radius 3 is 2.86 bits per heavy atom. The third kappa shape index (κ3) is 2.25. The van der Waals surface area contributed by atoms with Crippen molar-refractivity contribution in [3.05, 3.63) is 39.9 Å². The lowest BCUT2D eigenvalue weighted by Gasteiger charge is -2.19. The van der Waals surface area contributed by atoms with Gasteiger partial charge in [-0.3, -0.25) is 4.79 Å². The van der Waals surface area contributed by atoms with Gasteiger partial charge in [0.1, 0.15) is 5.56 Å². The topological polar surface area (TPSA) is 99.4 Å². The predicted octanol–water partition coefficient (Wildman–Crippen LogP) is 0.903. The average molecular weight is 291 g/mol. The normalized spacial score (nSPS) is 18.4. The van der Waals surface area contributed by atoms with Crippen molar-refractivity contribution in [1.29, 1.82) is 0 Å². The number of aromatic nitrogens is 1. The Morgan fingerprint density at radius 1 is 1.48 bits per heavy atom. The molecule has 1 aromatic heterocycles. The zero-order chi connectivity index (χ0) is 15.1. The number of nitrogens with one attached hydrogen (secondary N) is 1. The Labute approximate surface area is 119 Å². The summed E-state index contributed by atoms with van der Waals surface area (Å²) in [5, 5.41) is 9.26. The van der Waals surface area contributed by atoms with Gasteiger partial charge in [0.15, 0.2) is 5.82 Å². The van der Waals surface area contributed by atoms with Gasteiger partial charge in [-0.05, 0) is 18.6 Å². The van der Waals surface area contributed by atoms with E-state index in [1.807, 2.05) is 4.90 Å². The van der Waals surface area contributed by atoms with Gasteiger partial charge in [-0.15, -0.1) is 0 Å². The Kier molecular flexibility index (Phi) is 3.13. The molecule has 2 heterocycles. The summed E-state index contributed by atoms with van der Waals surface area (Å²) in [5.41, 5.74) is 4.98. The summed E-state index contributed by atoms with van der Waals surface area (Å²) in [7, 11) is 0. The second kappa shape index (κ2) is 4.85. The number of nitrogens with zero attached hydrogens (tertiary/aromatic N) is 1. The third-order valence-electron chi connectivity index (χ3n) is 3.73. The fourth-order valence-corrected chi connectivity index (χ4v) is 2.64. The van der Waals surface area contributed by atoms with Crippen LogP contribution in [0.4, 0.5) is 10.1 Å². The molecule has 110 valence electrons. The fraction of sp³-hybridized carbons (Fsp3) is 0.286. The lowest BCUT2D eigenvalue weighted by Crippen LogP contribution is -2.27. The minimum absolute atomic E-state index is 0.00790. The van der Waals surface area contributed by atoms with E-state index in [0.29, 0.717) is 24.2 Å². The Hall–Kier alpha value is -2.41. The van der Waals surface area contributed by atoms with Crippen LogP contribution < -0.4 is 16.2 Å². The summed E-state index contributed by atoms with van der Waals surface area (Å²) in [6.45, 7) is 1.21. The molecule has 3 rings (SSSR count). The van der Waals surface area contributed by atoms with Crippen LogP contribution in [0.25, 0.3) is 10.9 Å². The number of pyridine rings is 1. The molecule has 1 fully saturated rings. The van der Waals surface area contributed by atoms with Crippen molar-refractivity contribution < 1.29 is 14.3 Å². The number of carboxylic acids is 1. The van der Waals surface area contributed by atoms with Crippen LogP contribution in [-0.4, -0.2) is 35.2 Å². The standard InChI is InChI=1S/C14H14FN3O3/c15-11-10(18-4-3-8(16)6-18)2-1-7-5-9(14(20)21)13(19)17-12(7)11/h1-2,5,8H,3-4,6,16H2,(H,17,19)(H,20,21). The van der Waals surface area contributed by atoms with Gasteiger partial charge in [-0.25, -0.2) is 9.18 Å². The van der Waals surface area contributed by atoms with Crippen molar-refractivity contribution in [1.82, 2.24) is 4.98 Å². The zero-order valence-corrected chi connectivity index (χ0v) is 11.1. The van der Waals surface area contributed by atoms with Gasteiger partial charge >= 0.3 is 5.97 Å². The summed E-state index contributed by atoms with van der Waals surface area (Å²) >= 11 is 0. The lowest BCUT2D eigenvalue weighted by molar-refractivity contribution is 0.0695. The number of hydrogen-bond acceptors (Lipinski definition) is 4. The van der Waals surface area contributed by atoms with Gasteiger partial charge in [0, 0.05) is 24.5 Å². The molecule has 0 radical (unpaired) electrons. The third-order valence-corrected chi connectivity index (χ3v) is 3.73. The number of carbonyl (C=O) groups is 1. The van der Waals surface area contributed by atoms with E-state index in [1.165, 1.54) is 6.07 Å². The first-order valence-electron chi connectivity index (χ1n) is 6.56. The number of rotatable bonds is 2. The maximum Gasteiger partial charge on any atom is 0.341 e. The molecular weight excluding hydrogens is 277 g/mol. The lowest BCUT2D eigenvalue weighted by atomic mass is 10.1. The average Bonchev–Trinajstić information content (AvgIpc) is 2.85. The first kappa shape index (κ1) is 13.6. The van der Waals surface area contributed by atoms with E-state index in [4.69, 9.17) is 10.8 Å². The van der Waals surface area contributed by atoms with E-state index >= 15 is 0 Å². The highest BCUT2D eigenvalue weighted by Crippen LogP contribution is 2.28. The van der Waals surface area contributed by atoms with Crippen LogP contribution >= 0.6 is 0 Å². The molecule has 1 aromatic carbocycles. The fourth-order valence-electron chi connectivity index (χ4n) is 2.64. The summed E-state index contributed by atoms with van der Waals surface area (Å²) in [6.07, 6.45) is 0.784. The number of aromatic amines is 1. The molecule has 1 aliphatic heterocycles. The highest BCUT2D eigenvalue weighted by Gasteiger charge is 2.23. The molecule has 1 aliphatic rings. The van der Waals surface area contributed by atoms with Crippen molar-refractivity contribution in [2.45, 2.75) is 12.5 Å². The van der Waals surface area contributed by atoms with Crippen LogP contribution in [0.2, 0.25) is 0 Å². The molecule has 0 bridgehead atoms. The monoisotopic (exact) mass is 291 g/mol. The molecule has 0 saturated carbocycles. The molecule has 1 saturated heterocycles. The number of fused-ring (bicyclic) bond motifs is 1. The van der Waals surface area contributed by atoms with Crippen molar-refractivity contribution in [3.63, 3.8) is 0 Å². The molecule has 2 aromatic rings. The number of carboxylic acid groups (broad SMARTS) is 1. The quantitative estimate of drug-likeness (QED) is 0.763. The molecule has 0 amide bonds. The molecule has 0 aliphatic carbocycles. The maximum atomic E-state index is 14.6. The van der Waals surface area contributed by atoms with Crippen LogP contribution in [-0.2, 0) is 0 Å². The molecule has 0 spiro atoms. The number of benzene rings is 1. The minimum Gasteiger partial charge on any atom is -0.477 e. The van der Waals surface area contributed by atoms with Crippen molar-refractivity contribution in [3.8, 4) is 0 Å². The van der Waals surface area contributed by atoms with E-state index in [1.54, 1.807) is 12.1 Å². The second-order valence-electron chi connectivity index (χ2n) is 5.17. The second-order valence-corrected chi connectivity index (χ2v) is 5.17. The van der Waals surface area contributed by atoms with E-state index in [9.17, 15) is 14.0 Å². The molecule has 7 heteroatoms. The zero-order valence-electron chi connectivity index (χ0n) is 11.1. The van der Waals surface area contributed by atoms with Crippen molar-refractivity contribution in [2.24, 2.45) is 5.73 Å². The van der Waals surface area contributed by atoms with E-state index in [2.05, 4.69) is 4.98 Å². The smallest absolute Gasteiger partial charge is 0.341 e. The van der Waals surface area contributed by atoms with Crippen LogP contribution in [0, 0.1) is 5.82 Å². The maximum absolute atomic E-state index is 14.6. The summed E-state index contributed by atoms with van der Waals surface area (Å²) in [4.78, 5) is 26.7. The number of anilines is 1. The number of nitrogens with two attached hydrogens (primary N) is 1. The summed E-state index contributed by atoms with van der Waals surface area (Å²) in [5.74, 6) is -1.90. The van der Waals surface area contributed by atoms with Gasteiger partial charge < -0.3 is 20.7 Å². The summed E-state index contributed by atoms with van der Waals surface area (Å²) in [6, 6.07) is 4.37. The number of H-pyrrole nitrogens is 1. The Bertz CT molecular complexity index is 787. The van der Waals surface area contributed by atoms with Crippen LogP contribution in [0.3, 0.4) is 0 Å². The minimum atomic E-state index is -1.34. The van der Waals surface area contributed by atoms with Crippen molar-refractivity contribution >= 4 is 22.6 Å². The SMILES string of the molecule is NC1CCN(c2ccc3cc(C(=O)O)c(=O)[nH]c3c2F)C1. The largest absolute Gasteiger partial charge is 0.477 e. The molecule has 1 unspecified atom stereocenters.